The van der Waals surface area contributed by atoms with Crippen molar-refractivity contribution in [2.24, 2.45) is 45.3 Å². The molecule has 4 heteroatoms. The first-order valence-corrected chi connectivity index (χ1v) is 10.4. The minimum atomic E-state index is -0.249. The van der Waals surface area contributed by atoms with E-state index in [0.29, 0.717) is 36.5 Å². The van der Waals surface area contributed by atoms with E-state index in [4.69, 9.17) is 0 Å². The molecule has 1 N–H and O–H groups in total. The number of carbonyl (C=O) groups excluding carboxylic acids is 2. The molecule has 0 aromatic rings. The molecule has 4 fully saturated rings. The Morgan fingerprint density at radius 1 is 0.808 bits per heavy atom. The van der Waals surface area contributed by atoms with Gasteiger partial charge in [0.15, 0.2) is 0 Å². The average molecular weight is 362 g/mol. The minimum Gasteiger partial charge on any atom is -0.314 e. The summed E-state index contributed by atoms with van der Waals surface area (Å²) in [5.41, 5.74) is -0.484. The van der Waals surface area contributed by atoms with Crippen LogP contribution in [0.2, 0.25) is 0 Å². The summed E-state index contributed by atoms with van der Waals surface area (Å²) >= 11 is 0. The van der Waals surface area contributed by atoms with Crippen molar-refractivity contribution in [3.8, 4) is 0 Å². The van der Waals surface area contributed by atoms with Crippen molar-refractivity contribution in [2.75, 3.05) is 13.1 Å². The quantitative estimate of drug-likeness (QED) is 0.770. The van der Waals surface area contributed by atoms with E-state index in [1.54, 1.807) is 0 Å². The summed E-state index contributed by atoms with van der Waals surface area (Å²) in [5, 5.41) is 12.0. The van der Waals surface area contributed by atoms with E-state index in [-0.39, 0.29) is 33.5 Å². The molecule has 0 unspecified atom stereocenters. The highest BCUT2D eigenvalue weighted by Gasteiger charge is 2.67. The first-order chi connectivity index (χ1) is 11.9. The van der Waals surface area contributed by atoms with Gasteiger partial charge in [-0.15, -0.1) is 0 Å². The van der Waals surface area contributed by atoms with Gasteiger partial charge in [-0.3, -0.25) is 9.59 Å². The van der Waals surface area contributed by atoms with Crippen LogP contribution >= 0.6 is 0 Å². The van der Waals surface area contributed by atoms with Gasteiger partial charge < -0.3 is 5.21 Å². The van der Waals surface area contributed by atoms with Gasteiger partial charge in [-0.2, -0.15) is 5.06 Å². The normalized spacial score (nSPS) is 48.2. The lowest BCUT2D eigenvalue weighted by atomic mass is 9.70. The molecule has 4 nitrogen and oxygen atoms in total. The molecule has 0 aliphatic heterocycles. The molecule has 0 radical (unpaired) electrons. The summed E-state index contributed by atoms with van der Waals surface area (Å²) < 4.78 is 0. The number of Topliss-reactive ketones (excluding diaryl/α,β-unsaturated/α-hetero) is 2. The van der Waals surface area contributed by atoms with Crippen LogP contribution in [0.3, 0.4) is 0 Å². The molecular weight excluding hydrogens is 326 g/mol. The average Bonchev–Trinajstić information content (AvgIpc) is 3.02. The topological polar surface area (TPSA) is 57.6 Å². The van der Waals surface area contributed by atoms with Gasteiger partial charge in [0.2, 0.25) is 0 Å². The van der Waals surface area contributed by atoms with E-state index in [1.807, 2.05) is 0 Å². The number of hydrogen-bond donors (Lipinski definition) is 1. The van der Waals surface area contributed by atoms with Crippen molar-refractivity contribution in [3.05, 3.63) is 0 Å². The van der Waals surface area contributed by atoms with Crippen LogP contribution in [-0.4, -0.2) is 34.9 Å². The predicted molar refractivity (Wildman–Crippen MR) is 99.6 cm³/mol. The molecule has 0 amide bonds. The molecule has 4 rings (SSSR count). The highest BCUT2D eigenvalue weighted by Crippen LogP contribution is 2.67. The van der Waals surface area contributed by atoms with Crippen LogP contribution in [0, 0.1) is 45.3 Å². The van der Waals surface area contributed by atoms with E-state index in [0.717, 1.165) is 25.7 Å². The number of fused-ring (bicyclic) bond motifs is 4. The number of hydrogen-bond acceptors (Lipinski definition) is 4. The molecule has 0 saturated heterocycles. The Morgan fingerprint density at radius 3 is 1.42 bits per heavy atom. The second-order valence-corrected chi connectivity index (χ2v) is 11.2. The second-order valence-electron chi connectivity index (χ2n) is 11.2. The monoisotopic (exact) mass is 361 g/mol. The SMILES string of the molecule is CC1(C)[C@H]2CC[C@@]1(C)C(=O)[C@@H]2CN(O)C[C@H]1C(=O)[C@]2(C)CC[C@@H]1C2(C)C. The van der Waals surface area contributed by atoms with Crippen LogP contribution in [0.5, 0.6) is 0 Å². The van der Waals surface area contributed by atoms with Crippen molar-refractivity contribution in [1.29, 1.82) is 0 Å². The van der Waals surface area contributed by atoms with Crippen molar-refractivity contribution >= 4 is 11.6 Å². The van der Waals surface area contributed by atoms with E-state index in [2.05, 4.69) is 41.5 Å². The first-order valence-electron chi connectivity index (χ1n) is 10.4. The van der Waals surface area contributed by atoms with Crippen molar-refractivity contribution in [3.63, 3.8) is 0 Å². The smallest absolute Gasteiger partial charge is 0.144 e. The van der Waals surface area contributed by atoms with Gasteiger partial charge in [0.05, 0.1) is 0 Å². The maximum Gasteiger partial charge on any atom is 0.144 e. The lowest BCUT2D eigenvalue weighted by Crippen LogP contribution is -2.42. The second kappa shape index (κ2) is 5.20. The molecule has 4 bridgehead atoms. The molecule has 0 aromatic heterocycles. The molecule has 6 atom stereocenters. The first kappa shape index (κ1) is 18.6. The molecule has 26 heavy (non-hydrogen) atoms. The molecule has 0 spiro atoms. The number of nitrogens with zero attached hydrogens (tertiary/aromatic N) is 1. The zero-order valence-corrected chi connectivity index (χ0v) is 17.3. The fourth-order valence-corrected chi connectivity index (χ4v) is 7.50. The number of hydroxylamine groups is 2. The van der Waals surface area contributed by atoms with Gasteiger partial charge in [0.1, 0.15) is 11.6 Å². The van der Waals surface area contributed by atoms with Crippen molar-refractivity contribution in [1.82, 2.24) is 5.06 Å². The third kappa shape index (κ3) is 1.93. The van der Waals surface area contributed by atoms with E-state index in [9.17, 15) is 14.8 Å². The Kier molecular flexibility index (Phi) is 3.72. The Bertz CT molecular complexity index is 612. The van der Waals surface area contributed by atoms with E-state index in [1.165, 1.54) is 5.06 Å². The highest BCUT2D eigenvalue weighted by molar-refractivity contribution is 5.92. The van der Waals surface area contributed by atoms with Crippen LogP contribution in [0.4, 0.5) is 0 Å². The summed E-state index contributed by atoms with van der Waals surface area (Å²) in [6, 6.07) is 0. The lowest BCUT2D eigenvalue weighted by molar-refractivity contribution is -0.148. The van der Waals surface area contributed by atoms with Gasteiger partial charge in [0, 0.05) is 35.8 Å². The summed E-state index contributed by atoms with van der Waals surface area (Å²) in [6.45, 7) is 13.9. The van der Waals surface area contributed by atoms with Crippen LogP contribution < -0.4 is 0 Å². The van der Waals surface area contributed by atoms with E-state index < -0.39 is 0 Å². The fraction of sp³-hybridized carbons (Fsp3) is 0.909. The Hall–Kier alpha value is -0.740. The molecule has 4 aliphatic rings. The molecule has 0 heterocycles. The van der Waals surface area contributed by atoms with Gasteiger partial charge in [-0.05, 0) is 48.3 Å². The van der Waals surface area contributed by atoms with Crippen LogP contribution in [0.25, 0.3) is 0 Å². The summed E-state index contributed by atoms with van der Waals surface area (Å²) in [4.78, 5) is 26.0. The Morgan fingerprint density at radius 2 is 1.15 bits per heavy atom. The molecule has 146 valence electrons. The number of carbonyl (C=O) groups is 2. The van der Waals surface area contributed by atoms with Gasteiger partial charge in [-0.25, -0.2) is 0 Å². The van der Waals surface area contributed by atoms with E-state index >= 15 is 0 Å². The number of rotatable bonds is 4. The van der Waals surface area contributed by atoms with Crippen molar-refractivity contribution < 1.29 is 14.8 Å². The summed E-state index contributed by atoms with van der Waals surface area (Å²) in [5.74, 6) is 1.16. The third-order valence-electron chi connectivity index (χ3n) is 10.2. The third-order valence-corrected chi connectivity index (χ3v) is 10.2. The van der Waals surface area contributed by atoms with Gasteiger partial charge in [-0.1, -0.05) is 41.5 Å². The fourth-order valence-electron chi connectivity index (χ4n) is 7.50. The molecule has 4 aliphatic carbocycles. The Labute approximate surface area is 157 Å². The van der Waals surface area contributed by atoms with Crippen molar-refractivity contribution in [2.45, 2.75) is 67.2 Å². The summed E-state index contributed by atoms with van der Waals surface area (Å²) in [7, 11) is 0. The standard InChI is InChI=1S/C22H35NO3/c1-19(2)15-7-9-21(19,5)17(24)13(15)11-23(26)12-14-16-8-10-22(6,18(14)25)20(16,3)4/h13-16,26H,7-12H2,1-6H3/t13-,14-,15+,16+,21+,22+/m1/s1. The zero-order valence-electron chi connectivity index (χ0n) is 17.3. The zero-order chi connectivity index (χ0) is 19.3. The van der Waals surface area contributed by atoms with Gasteiger partial charge in [0.25, 0.3) is 0 Å². The lowest BCUT2D eigenvalue weighted by Gasteiger charge is -2.32. The minimum absolute atomic E-state index is 0.00725. The molecule has 4 saturated carbocycles. The van der Waals surface area contributed by atoms with Gasteiger partial charge >= 0.3 is 0 Å². The van der Waals surface area contributed by atoms with Crippen LogP contribution in [0.15, 0.2) is 0 Å². The Balaban J connectivity index is 1.47. The maximum absolute atomic E-state index is 13.0. The predicted octanol–water partition coefficient (Wildman–Crippen LogP) is 3.96. The highest BCUT2D eigenvalue weighted by atomic mass is 16.5. The number of ketones is 2. The van der Waals surface area contributed by atoms with Crippen LogP contribution in [0.1, 0.15) is 67.2 Å². The summed E-state index contributed by atoms with van der Waals surface area (Å²) in [6.07, 6.45) is 4.09. The maximum atomic E-state index is 13.0. The largest absolute Gasteiger partial charge is 0.314 e. The molecular formula is C22H35NO3. The van der Waals surface area contributed by atoms with Crippen LogP contribution in [-0.2, 0) is 9.59 Å². The molecule has 0 aromatic carbocycles.